The highest BCUT2D eigenvalue weighted by Crippen LogP contribution is 2.32. The minimum absolute atomic E-state index is 0.106. The molecule has 1 aromatic heterocycles. The van der Waals surface area contributed by atoms with E-state index < -0.39 is 0 Å². The summed E-state index contributed by atoms with van der Waals surface area (Å²) in [5.41, 5.74) is 3.94. The second kappa shape index (κ2) is 8.89. The van der Waals surface area contributed by atoms with Gasteiger partial charge in [0.15, 0.2) is 11.5 Å². The number of nitrogens with zero attached hydrogens (tertiary/aromatic N) is 2. The Bertz CT molecular complexity index is 939. The molecule has 0 bridgehead atoms. The molecule has 3 aromatic rings. The molecule has 1 aliphatic rings. The zero-order chi connectivity index (χ0) is 20.1. The molecule has 150 valence electrons. The second-order valence-electron chi connectivity index (χ2n) is 6.68. The molecule has 2 heterocycles. The van der Waals surface area contributed by atoms with Crippen LogP contribution in [0.25, 0.3) is 11.1 Å². The smallest absolute Gasteiger partial charge is 0.227 e. The van der Waals surface area contributed by atoms with Crippen LogP contribution in [0.1, 0.15) is 11.7 Å². The molecule has 0 amide bonds. The quantitative estimate of drug-likeness (QED) is 0.664. The standard InChI is InChI=1S/C22H24N4O3/c1-27-19-8-5-16(11-20(19)28-2)17-12-24-22(25-13-17)26-18-6-3-15(4-7-18)21-14-23-9-10-29-21/h3-8,11-13,21,23H,9-10,14H2,1-2H3,(H,24,25,26). The Morgan fingerprint density at radius 1 is 0.966 bits per heavy atom. The molecule has 29 heavy (non-hydrogen) atoms. The zero-order valence-corrected chi connectivity index (χ0v) is 16.5. The van der Waals surface area contributed by atoms with Crippen molar-refractivity contribution in [3.8, 4) is 22.6 Å². The van der Waals surface area contributed by atoms with Gasteiger partial charge in [0, 0.05) is 36.7 Å². The second-order valence-corrected chi connectivity index (χ2v) is 6.68. The number of methoxy groups -OCH3 is 2. The van der Waals surface area contributed by atoms with Crippen LogP contribution in [0.4, 0.5) is 11.6 Å². The van der Waals surface area contributed by atoms with Gasteiger partial charge in [-0.25, -0.2) is 9.97 Å². The summed E-state index contributed by atoms with van der Waals surface area (Å²) in [6.45, 7) is 2.49. The molecule has 1 saturated heterocycles. The summed E-state index contributed by atoms with van der Waals surface area (Å²) < 4.78 is 16.4. The number of hydrogen-bond donors (Lipinski definition) is 2. The summed E-state index contributed by atoms with van der Waals surface area (Å²) in [5, 5.41) is 6.57. The lowest BCUT2D eigenvalue weighted by atomic mass is 10.1. The summed E-state index contributed by atoms with van der Waals surface area (Å²) in [6, 6.07) is 13.9. The summed E-state index contributed by atoms with van der Waals surface area (Å²) >= 11 is 0. The van der Waals surface area contributed by atoms with E-state index in [4.69, 9.17) is 14.2 Å². The number of aromatic nitrogens is 2. The van der Waals surface area contributed by atoms with Gasteiger partial charge in [0.25, 0.3) is 0 Å². The number of anilines is 2. The van der Waals surface area contributed by atoms with Crippen molar-refractivity contribution in [1.29, 1.82) is 0 Å². The molecule has 0 spiro atoms. The Morgan fingerprint density at radius 2 is 1.72 bits per heavy atom. The van der Waals surface area contributed by atoms with Crippen molar-refractivity contribution in [3.63, 3.8) is 0 Å². The van der Waals surface area contributed by atoms with Crippen LogP contribution >= 0.6 is 0 Å². The number of hydrogen-bond acceptors (Lipinski definition) is 7. The highest BCUT2D eigenvalue weighted by molar-refractivity contribution is 5.66. The van der Waals surface area contributed by atoms with Gasteiger partial charge in [-0.05, 0) is 35.4 Å². The molecule has 1 aliphatic heterocycles. The van der Waals surface area contributed by atoms with Crippen molar-refractivity contribution in [2.75, 3.05) is 39.2 Å². The van der Waals surface area contributed by atoms with Crippen molar-refractivity contribution in [2.45, 2.75) is 6.10 Å². The Kier molecular flexibility index (Phi) is 5.88. The van der Waals surface area contributed by atoms with E-state index in [1.54, 1.807) is 26.6 Å². The zero-order valence-electron chi connectivity index (χ0n) is 16.5. The van der Waals surface area contributed by atoms with Crippen LogP contribution in [0.3, 0.4) is 0 Å². The van der Waals surface area contributed by atoms with Crippen molar-refractivity contribution >= 4 is 11.6 Å². The highest BCUT2D eigenvalue weighted by Gasteiger charge is 2.15. The molecule has 2 N–H and O–H groups in total. The maximum Gasteiger partial charge on any atom is 0.227 e. The van der Waals surface area contributed by atoms with Gasteiger partial charge in [0.2, 0.25) is 5.95 Å². The normalized spacial score (nSPS) is 16.3. The first-order valence-corrected chi connectivity index (χ1v) is 9.50. The molecule has 7 nitrogen and oxygen atoms in total. The van der Waals surface area contributed by atoms with Crippen LogP contribution in [0.2, 0.25) is 0 Å². The van der Waals surface area contributed by atoms with Gasteiger partial charge in [-0.3, -0.25) is 0 Å². The average Bonchev–Trinajstić information content (AvgIpc) is 2.80. The highest BCUT2D eigenvalue weighted by atomic mass is 16.5. The van der Waals surface area contributed by atoms with Crippen molar-refractivity contribution in [1.82, 2.24) is 15.3 Å². The first kappa shape index (κ1) is 19.2. The number of morpholine rings is 1. The topological polar surface area (TPSA) is 77.5 Å². The van der Waals surface area contributed by atoms with Crippen LogP contribution in [0, 0.1) is 0 Å². The molecule has 2 aromatic carbocycles. The molecular weight excluding hydrogens is 368 g/mol. The lowest BCUT2D eigenvalue weighted by molar-refractivity contribution is 0.0277. The minimum Gasteiger partial charge on any atom is -0.493 e. The van der Waals surface area contributed by atoms with E-state index in [1.165, 1.54) is 0 Å². The summed E-state index contributed by atoms with van der Waals surface area (Å²) in [4.78, 5) is 8.86. The number of rotatable bonds is 6. The van der Waals surface area contributed by atoms with E-state index in [0.717, 1.165) is 42.1 Å². The third-order valence-electron chi connectivity index (χ3n) is 4.83. The van der Waals surface area contributed by atoms with E-state index in [2.05, 4.69) is 32.7 Å². The van der Waals surface area contributed by atoms with Gasteiger partial charge in [0.1, 0.15) is 0 Å². The predicted molar refractivity (Wildman–Crippen MR) is 112 cm³/mol. The molecule has 1 fully saturated rings. The molecule has 0 saturated carbocycles. The van der Waals surface area contributed by atoms with E-state index in [-0.39, 0.29) is 6.10 Å². The fourth-order valence-corrected chi connectivity index (χ4v) is 3.25. The van der Waals surface area contributed by atoms with Gasteiger partial charge in [-0.15, -0.1) is 0 Å². The SMILES string of the molecule is COc1ccc(-c2cnc(Nc3ccc(C4CNCCO4)cc3)nc2)cc1OC. The molecule has 0 radical (unpaired) electrons. The number of nitrogens with one attached hydrogen (secondary N) is 2. The van der Waals surface area contributed by atoms with E-state index in [0.29, 0.717) is 17.4 Å². The molecule has 1 atom stereocenters. The van der Waals surface area contributed by atoms with Crippen molar-refractivity contribution < 1.29 is 14.2 Å². The molecule has 7 heteroatoms. The fraction of sp³-hybridized carbons (Fsp3) is 0.273. The Morgan fingerprint density at radius 3 is 2.38 bits per heavy atom. The maximum absolute atomic E-state index is 5.78. The van der Waals surface area contributed by atoms with Crippen LogP contribution in [-0.4, -0.2) is 43.9 Å². The van der Waals surface area contributed by atoms with Gasteiger partial charge >= 0.3 is 0 Å². The molecule has 4 rings (SSSR count). The summed E-state index contributed by atoms with van der Waals surface area (Å²) in [7, 11) is 3.24. The molecular formula is C22H24N4O3. The van der Waals surface area contributed by atoms with Gasteiger partial charge in [0.05, 0.1) is 26.9 Å². The van der Waals surface area contributed by atoms with Gasteiger partial charge < -0.3 is 24.8 Å². The first-order chi connectivity index (χ1) is 14.3. The lowest BCUT2D eigenvalue weighted by Crippen LogP contribution is -2.33. The number of benzene rings is 2. The maximum atomic E-state index is 5.78. The van der Waals surface area contributed by atoms with Crippen LogP contribution in [-0.2, 0) is 4.74 Å². The van der Waals surface area contributed by atoms with E-state index in [9.17, 15) is 0 Å². The third kappa shape index (κ3) is 4.47. The Labute approximate surface area is 170 Å². The molecule has 1 unspecified atom stereocenters. The first-order valence-electron chi connectivity index (χ1n) is 9.50. The summed E-state index contributed by atoms with van der Waals surface area (Å²) in [6.07, 6.45) is 3.67. The van der Waals surface area contributed by atoms with Crippen LogP contribution in [0.15, 0.2) is 54.9 Å². The van der Waals surface area contributed by atoms with E-state index >= 15 is 0 Å². The van der Waals surface area contributed by atoms with Crippen LogP contribution in [0.5, 0.6) is 11.5 Å². The minimum atomic E-state index is 0.106. The average molecular weight is 392 g/mol. The third-order valence-corrected chi connectivity index (χ3v) is 4.83. The fourth-order valence-electron chi connectivity index (χ4n) is 3.25. The lowest BCUT2D eigenvalue weighted by Gasteiger charge is -2.24. The van der Waals surface area contributed by atoms with Gasteiger partial charge in [-0.1, -0.05) is 18.2 Å². The Balaban J connectivity index is 1.44. The molecule has 0 aliphatic carbocycles. The van der Waals surface area contributed by atoms with E-state index in [1.807, 2.05) is 30.3 Å². The van der Waals surface area contributed by atoms with Crippen molar-refractivity contribution in [2.24, 2.45) is 0 Å². The Hall–Kier alpha value is -3.16. The summed E-state index contributed by atoms with van der Waals surface area (Å²) in [5.74, 6) is 1.90. The number of ether oxygens (including phenoxy) is 3. The largest absolute Gasteiger partial charge is 0.493 e. The van der Waals surface area contributed by atoms with Gasteiger partial charge in [-0.2, -0.15) is 0 Å². The van der Waals surface area contributed by atoms with Crippen LogP contribution < -0.4 is 20.1 Å². The predicted octanol–water partition coefficient (Wildman–Crippen LogP) is 3.57. The van der Waals surface area contributed by atoms with Crippen molar-refractivity contribution in [3.05, 3.63) is 60.4 Å². The monoisotopic (exact) mass is 392 g/mol.